The third kappa shape index (κ3) is 3.93. The van der Waals surface area contributed by atoms with Crippen LogP contribution in [0, 0.1) is 5.92 Å². The van der Waals surface area contributed by atoms with Crippen LogP contribution in [0.3, 0.4) is 0 Å². The molecule has 1 aromatic rings. The van der Waals surface area contributed by atoms with Crippen LogP contribution >= 0.6 is 15.9 Å². The summed E-state index contributed by atoms with van der Waals surface area (Å²) in [6, 6.07) is 2.23. The number of nitrogens with zero attached hydrogens (tertiary/aromatic N) is 2. The second-order valence-corrected chi connectivity index (χ2v) is 5.93. The van der Waals surface area contributed by atoms with Crippen LogP contribution in [0.4, 0.5) is 0 Å². The maximum absolute atomic E-state index is 4.47. The molecule has 0 radical (unpaired) electrons. The van der Waals surface area contributed by atoms with E-state index in [4.69, 9.17) is 0 Å². The molecule has 0 fully saturated rings. The Morgan fingerprint density at radius 3 is 2.62 bits per heavy atom. The van der Waals surface area contributed by atoms with Crippen LogP contribution in [-0.2, 0) is 19.9 Å². The maximum atomic E-state index is 4.47. The van der Waals surface area contributed by atoms with Gasteiger partial charge in [0.25, 0.3) is 0 Å². The zero-order valence-electron chi connectivity index (χ0n) is 10.8. The number of alkyl halides is 1. The van der Waals surface area contributed by atoms with E-state index < -0.39 is 0 Å². The smallest absolute Gasteiger partial charge is 0.0624 e. The van der Waals surface area contributed by atoms with Crippen LogP contribution in [0.1, 0.15) is 45.0 Å². The lowest BCUT2D eigenvalue weighted by molar-refractivity contribution is 0.554. The lowest BCUT2D eigenvalue weighted by Crippen LogP contribution is -2.08. The minimum atomic E-state index is 0.645. The topological polar surface area (TPSA) is 17.8 Å². The van der Waals surface area contributed by atoms with Gasteiger partial charge in [0, 0.05) is 17.6 Å². The lowest BCUT2D eigenvalue weighted by Gasteiger charge is -2.12. The standard InChI is InChI=1S/C13H23BrN2/c1-5-11-9-12(16(4)15-11)7-6-8-13(14)10(2)3/h9-10,13H,5-8H2,1-4H3. The molecule has 0 aromatic carbocycles. The van der Waals surface area contributed by atoms with E-state index in [0.29, 0.717) is 4.83 Å². The Bertz CT molecular complexity index is 318. The van der Waals surface area contributed by atoms with Crippen molar-refractivity contribution in [2.75, 3.05) is 0 Å². The molecule has 1 rings (SSSR count). The quantitative estimate of drug-likeness (QED) is 0.729. The molecule has 0 N–H and O–H groups in total. The second kappa shape index (κ2) is 6.43. The monoisotopic (exact) mass is 286 g/mol. The van der Waals surface area contributed by atoms with Crippen molar-refractivity contribution in [3.8, 4) is 0 Å². The van der Waals surface area contributed by atoms with E-state index in [2.05, 4.69) is 47.9 Å². The van der Waals surface area contributed by atoms with E-state index in [9.17, 15) is 0 Å². The van der Waals surface area contributed by atoms with Gasteiger partial charge < -0.3 is 0 Å². The Hall–Kier alpha value is -0.310. The predicted octanol–water partition coefficient (Wildman–Crippen LogP) is 3.72. The summed E-state index contributed by atoms with van der Waals surface area (Å²) in [5.74, 6) is 0.720. The number of hydrogen-bond donors (Lipinski definition) is 0. The highest BCUT2D eigenvalue weighted by Crippen LogP contribution is 2.19. The molecule has 92 valence electrons. The number of halogens is 1. The van der Waals surface area contributed by atoms with Crippen molar-refractivity contribution in [2.45, 2.75) is 51.3 Å². The van der Waals surface area contributed by atoms with Crippen LogP contribution in [0.15, 0.2) is 6.07 Å². The Labute approximate surface area is 108 Å². The van der Waals surface area contributed by atoms with Crippen molar-refractivity contribution in [1.82, 2.24) is 9.78 Å². The van der Waals surface area contributed by atoms with Gasteiger partial charge >= 0.3 is 0 Å². The Balaban J connectivity index is 2.39. The summed E-state index contributed by atoms with van der Waals surface area (Å²) in [7, 11) is 2.04. The van der Waals surface area contributed by atoms with Crippen molar-refractivity contribution in [1.29, 1.82) is 0 Å². The predicted molar refractivity (Wildman–Crippen MR) is 73.1 cm³/mol. The third-order valence-corrected chi connectivity index (χ3v) is 4.54. The molecule has 1 unspecified atom stereocenters. The molecule has 0 aliphatic heterocycles. The molecule has 0 saturated carbocycles. The van der Waals surface area contributed by atoms with Gasteiger partial charge in [0.05, 0.1) is 5.69 Å². The summed E-state index contributed by atoms with van der Waals surface area (Å²) in [6.45, 7) is 6.68. The Morgan fingerprint density at radius 2 is 2.12 bits per heavy atom. The van der Waals surface area contributed by atoms with Gasteiger partial charge in [-0.25, -0.2) is 0 Å². The second-order valence-electron chi connectivity index (χ2n) is 4.76. The first-order chi connectivity index (χ1) is 7.54. The first-order valence-electron chi connectivity index (χ1n) is 6.20. The average molecular weight is 287 g/mol. The van der Waals surface area contributed by atoms with Crippen LogP contribution in [-0.4, -0.2) is 14.6 Å². The van der Waals surface area contributed by atoms with E-state index in [-0.39, 0.29) is 0 Å². The SMILES string of the molecule is CCc1cc(CCCC(Br)C(C)C)n(C)n1. The molecule has 0 amide bonds. The highest BCUT2D eigenvalue weighted by molar-refractivity contribution is 9.09. The number of hydrogen-bond acceptors (Lipinski definition) is 1. The molecule has 0 saturated heterocycles. The fourth-order valence-electron chi connectivity index (χ4n) is 1.79. The molecule has 1 aromatic heterocycles. The summed E-state index contributed by atoms with van der Waals surface area (Å²) in [4.78, 5) is 0.645. The zero-order valence-corrected chi connectivity index (χ0v) is 12.4. The van der Waals surface area contributed by atoms with Gasteiger partial charge in [-0.3, -0.25) is 4.68 Å². The van der Waals surface area contributed by atoms with Gasteiger partial charge in [-0.1, -0.05) is 36.7 Å². The zero-order chi connectivity index (χ0) is 12.1. The minimum Gasteiger partial charge on any atom is -0.272 e. The van der Waals surface area contributed by atoms with Crippen molar-refractivity contribution >= 4 is 15.9 Å². The van der Waals surface area contributed by atoms with Gasteiger partial charge in [-0.05, 0) is 37.7 Å². The van der Waals surface area contributed by atoms with Crippen molar-refractivity contribution < 1.29 is 0 Å². The van der Waals surface area contributed by atoms with E-state index >= 15 is 0 Å². The lowest BCUT2D eigenvalue weighted by atomic mass is 10.0. The van der Waals surface area contributed by atoms with Crippen LogP contribution in [0.25, 0.3) is 0 Å². The third-order valence-electron chi connectivity index (χ3n) is 3.03. The van der Waals surface area contributed by atoms with E-state index in [1.165, 1.54) is 24.2 Å². The van der Waals surface area contributed by atoms with Gasteiger partial charge in [0.2, 0.25) is 0 Å². The molecule has 0 spiro atoms. The molecule has 1 heterocycles. The molecule has 0 aliphatic rings. The van der Waals surface area contributed by atoms with Crippen LogP contribution in [0.5, 0.6) is 0 Å². The minimum absolute atomic E-state index is 0.645. The van der Waals surface area contributed by atoms with Crippen molar-refractivity contribution in [2.24, 2.45) is 13.0 Å². The van der Waals surface area contributed by atoms with Crippen molar-refractivity contribution in [3.05, 3.63) is 17.5 Å². The summed E-state index contributed by atoms with van der Waals surface area (Å²) >= 11 is 3.73. The molecule has 2 nitrogen and oxygen atoms in total. The van der Waals surface area contributed by atoms with Gasteiger partial charge in [-0.2, -0.15) is 5.10 Å². The molecule has 0 aliphatic carbocycles. The fourth-order valence-corrected chi connectivity index (χ4v) is 2.11. The van der Waals surface area contributed by atoms with Gasteiger partial charge in [-0.15, -0.1) is 0 Å². The number of rotatable bonds is 6. The average Bonchev–Trinajstić information content (AvgIpc) is 2.59. The highest BCUT2D eigenvalue weighted by Gasteiger charge is 2.09. The summed E-state index contributed by atoms with van der Waals surface area (Å²) in [5.41, 5.74) is 2.57. The summed E-state index contributed by atoms with van der Waals surface area (Å²) in [5, 5.41) is 4.47. The maximum Gasteiger partial charge on any atom is 0.0624 e. The molecule has 16 heavy (non-hydrogen) atoms. The highest BCUT2D eigenvalue weighted by atomic mass is 79.9. The van der Waals surface area contributed by atoms with E-state index in [0.717, 1.165) is 18.8 Å². The normalized spacial score (nSPS) is 13.4. The molecule has 3 heteroatoms. The largest absolute Gasteiger partial charge is 0.272 e. The fraction of sp³-hybridized carbons (Fsp3) is 0.769. The number of aryl methyl sites for hydroxylation is 3. The summed E-state index contributed by atoms with van der Waals surface area (Å²) < 4.78 is 2.03. The van der Waals surface area contributed by atoms with Crippen LogP contribution < -0.4 is 0 Å². The molecule has 1 atom stereocenters. The van der Waals surface area contributed by atoms with Gasteiger partial charge in [0.1, 0.15) is 0 Å². The molecular weight excluding hydrogens is 264 g/mol. The van der Waals surface area contributed by atoms with E-state index in [1.54, 1.807) is 0 Å². The van der Waals surface area contributed by atoms with E-state index in [1.807, 2.05) is 11.7 Å². The van der Waals surface area contributed by atoms with Crippen molar-refractivity contribution in [3.63, 3.8) is 0 Å². The first-order valence-corrected chi connectivity index (χ1v) is 7.12. The Kier molecular flexibility index (Phi) is 5.53. The number of aromatic nitrogens is 2. The summed E-state index contributed by atoms with van der Waals surface area (Å²) in [6.07, 6.45) is 4.64. The van der Waals surface area contributed by atoms with Crippen LogP contribution in [0.2, 0.25) is 0 Å². The molecular formula is C13H23BrN2. The first kappa shape index (κ1) is 13.8. The van der Waals surface area contributed by atoms with Gasteiger partial charge in [0.15, 0.2) is 0 Å². The molecule has 0 bridgehead atoms. The Morgan fingerprint density at radius 1 is 1.44 bits per heavy atom.